The zero-order valence-electron chi connectivity index (χ0n) is 11.7. The maximum Gasteiger partial charge on any atom is 0.315 e. The number of hydrogen-bond donors (Lipinski definition) is 2. The van der Waals surface area contributed by atoms with Gasteiger partial charge in [0.25, 0.3) is 0 Å². The first-order valence-corrected chi connectivity index (χ1v) is 8.03. The highest BCUT2D eigenvalue weighted by Gasteiger charge is 2.22. The number of carbonyl (C=O) groups is 1. The van der Waals surface area contributed by atoms with Crippen LogP contribution in [-0.2, 0) is 0 Å². The molecule has 2 rings (SSSR count). The van der Waals surface area contributed by atoms with Crippen LogP contribution >= 0.6 is 11.3 Å². The summed E-state index contributed by atoms with van der Waals surface area (Å²) in [6, 6.07) is 0.251. The second kappa shape index (κ2) is 6.89. The van der Waals surface area contributed by atoms with E-state index in [9.17, 15) is 4.79 Å². The van der Waals surface area contributed by atoms with Crippen molar-refractivity contribution in [1.82, 2.24) is 15.6 Å². The molecule has 1 aliphatic carbocycles. The van der Waals surface area contributed by atoms with Crippen molar-refractivity contribution in [2.45, 2.75) is 58.0 Å². The third-order valence-corrected chi connectivity index (χ3v) is 4.89. The standard InChI is InChI=1S/C14H23N3OS/c1-3-11-4-6-12(7-5-11)17-14(18)16-10(2)13-15-8-9-19-13/h8-12H,3-7H2,1-2H3,(H2,16,17,18)/t10-,11?,12?/m0/s1. The van der Waals surface area contributed by atoms with E-state index in [1.54, 1.807) is 17.5 Å². The van der Waals surface area contributed by atoms with Crippen LogP contribution < -0.4 is 10.6 Å². The molecule has 0 unspecified atom stereocenters. The van der Waals surface area contributed by atoms with Gasteiger partial charge in [-0.2, -0.15) is 0 Å². The van der Waals surface area contributed by atoms with Gasteiger partial charge in [-0.05, 0) is 38.5 Å². The Bertz CT molecular complexity index is 385. The van der Waals surface area contributed by atoms with E-state index in [4.69, 9.17) is 0 Å². The molecule has 106 valence electrons. The number of amides is 2. The highest BCUT2D eigenvalue weighted by atomic mass is 32.1. The Morgan fingerprint density at radius 1 is 1.47 bits per heavy atom. The molecular formula is C14H23N3OS. The third-order valence-electron chi connectivity index (χ3n) is 3.93. The minimum atomic E-state index is -0.0670. The number of nitrogens with one attached hydrogen (secondary N) is 2. The molecule has 0 radical (unpaired) electrons. The maximum atomic E-state index is 11.9. The molecule has 1 fully saturated rings. The Kier molecular flexibility index (Phi) is 5.19. The van der Waals surface area contributed by atoms with E-state index >= 15 is 0 Å². The number of thiazole rings is 1. The number of hydrogen-bond acceptors (Lipinski definition) is 3. The summed E-state index contributed by atoms with van der Waals surface area (Å²) >= 11 is 1.57. The lowest BCUT2D eigenvalue weighted by atomic mass is 9.85. The summed E-state index contributed by atoms with van der Waals surface area (Å²) in [6.45, 7) is 4.22. The Morgan fingerprint density at radius 2 is 2.21 bits per heavy atom. The van der Waals surface area contributed by atoms with Gasteiger partial charge in [0, 0.05) is 17.6 Å². The molecule has 0 spiro atoms. The van der Waals surface area contributed by atoms with Crippen molar-refractivity contribution >= 4 is 17.4 Å². The number of nitrogens with zero attached hydrogens (tertiary/aromatic N) is 1. The van der Waals surface area contributed by atoms with Crippen molar-refractivity contribution in [3.63, 3.8) is 0 Å². The van der Waals surface area contributed by atoms with Gasteiger partial charge in [-0.3, -0.25) is 0 Å². The first-order valence-electron chi connectivity index (χ1n) is 7.15. The lowest BCUT2D eigenvalue weighted by Crippen LogP contribution is -2.44. The predicted molar refractivity (Wildman–Crippen MR) is 78.2 cm³/mol. The average molecular weight is 281 g/mol. The molecule has 1 aromatic heterocycles. The summed E-state index contributed by atoms with van der Waals surface area (Å²) in [5.41, 5.74) is 0. The number of rotatable bonds is 4. The molecule has 0 saturated heterocycles. The van der Waals surface area contributed by atoms with Crippen LogP contribution in [0.3, 0.4) is 0 Å². The van der Waals surface area contributed by atoms with E-state index in [2.05, 4.69) is 22.5 Å². The van der Waals surface area contributed by atoms with Crippen molar-refractivity contribution in [2.75, 3.05) is 0 Å². The molecule has 1 atom stereocenters. The molecule has 19 heavy (non-hydrogen) atoms. The number of carbonyl (C=O) groups excluding carboxylic acids is 1. The van der Waals surface area contributed by atoms with Gasteiger partial charge in [0.15, 0.2) is 0 Å². The second-order valence-corrected chi connectivity index (χ2v) is 6.26. The highest BCUT2D eigenvalue weighted by molar-refractivity contribution is 7.09. The SMILES string of the molecule is CCC1CCC(NC(=O)N[C@@H](C)c2nccs2)CC1. The Balaban J connectivity index is 1.73. The number of aromatic nitrogens is 1. The van der Waals surface area contributed by atoms with E-state index in [0.29, 0.717) is 6.04 Å². The van der Waals surface area contributed by atoms with Crippen LogP contribution in [0.1, 0.15) is 57.0 Å². The summed E-state index contributed by atoms with van der Waals surface area (Å²) in [6.07, 6.45) is 7.73. The van der Waals surface area contributed by atoms with Gasteiger partial charge >= 0.3 is 6.03 Å². The topological polar surface area (TPSA) is 54.0 Å². The van der Waals surface area contributed by atoms with Gasteiger partial charge in [-0.1, -0.05) is 13.3 Å². The largest absolute Gasteiger partial charge is 0.335 e. The Labute approximate surface area is 119 Å². The summed E-state index contributed by atoms with van der Waals surface area (Å²) in [5, 5.41) is 8.91. The van der Waals surface area contributed by atoms with E-state index in [-0.39, 0.29) is 12.1 Å². The smallest absolute Gasteiger partial charge is 0.315 e. The van der Waals surface area contributed by atoms with Crippen molar-refractivity contribution in [3.05, 3.63) is 16.6 Å². The van der Waals surface area contributed by atoms with Gasteiger partial charge < -0.3 is 10.6 Å². The lowest BCUT2D eigenvalue weighted by Gasteiger charge is -2.28. The fourth-order valence-electron chi connectivity index (χ4n) is 2.65. The summed E-state index contributed by atoms with van der Waals surface area (Å²) in [5.74, 6) is 0.857. The first kappa shape index (κ1) is 14.3. The summed E-state index contributed by atoms with van der Waals surface area (Å²) in [4.78, 5) is 16.1. The van der Waals surface area contributed by atoms with Crippen LogP contribution in [0.5, 0.6) is 0 Å². The average Bonchev–Trinajstić information content (AvgIpc) is 2.93. The molecule has 1 saturated carbocycles. The molecule has 4 nitrogen and oxygen atoms in total. The van der Waals surface area contributed by atoms with Crippen LogP contribution in [0.2, 0.25) is 0 Å². The molecule has 5 heteroatoms. The zero-order valence-corrected chi connectivity index (χ0v) is 12.5. The van der Waals surface area contributed by atoms with Crippen molar-refractivity contribution in [1.29, 1.82) is 0 Å². The lowest BCUT2D eigenvalue weighted by molar-refractivity contribution is 0.223. The monoisotopic (exact) mass is 281 g/mol. The molecule has 1 heterocycles. The third kappa shape index (κ3) is 4.20. The van der Waals surface area contributed by atoms with Crippen molar-refractivity contribution in [3.8, 4) is 0 Å². The Morgan fingerprint density at radius 3 is 2.79 bits per heavy atom. The minimum absolute atomic E-state index is 0.0213. The normalized spacial score (nSPS) is 24.7. The van der Waals surface area contributed by atoms with E-state index < -0.39 is 0 Å². The van der Waals surface area contributed by atoms with E-state index in [1.807, 2.05) is 12.3 Å². The van der Waals surface area contributed by atoms with Crippen molar-refractivity contribution in [2.24, 2.45) is 5.92 Å². The molecule has 0 bridgehead atoms. The Hall–Kier alpha value is -1.10. The van der Waals surface area contributed by atoms with Crippen LogP contribution in [0.15, 0.2) is 11.6 Å². The second-order valence-electron chi connectivity index (χ2n) is 5.34. The quantitative estimate of drug-likeness (QED) is 0.888. The van der Waals surface area contributed by atoms with Gasteiger partial charge in [-0.25, -0.2) is 9.78 Å². The van der Waals surface area contributed by atoms with E-state index in [0.717, 1.165) is 23.8 Å². The van der Waals surface area contributed by atoms with Gasteiger partial charge in [0.2, 0.25) is 0 Å². The molecule has 0 aliphatic heterocycles. The highest BCUT2D eigenvalue weighted by Crippen LogP contribution is 2.26. The fraction of sp³-hybridized carbons (Fsp3) is 0.714. The molecule has 1 aliphatic rings. The zero-order chi connectivity index (χ0) is 13.7. The van der Waals surface area contributed by atoms with Crippen LogP contribution in [0.25, 0.3) is 0 Å². The molecular weight excluding hydrogens is 258 g/mol. The van der Waals surface area contributed by atoms with E-state index in [1.165, 1.54) is 19.3 Å². The molecule has 2 amide bonds. The summed E-state index contributed by atoms with van der Waals surface area (Å²) in [7, 11) is 0. The summed E-state index contributed by atoms with van der Waals surface area (Å²) < 4.78 is 0. The molecule has 1 aromatic rings. The number of urea groups is 1. The van der Waals surface area contributed by atoms with Crippen molar-refractivity contribution < 1.29 is 4.79 Å². The van der Waals surface area contributed by atoms with Gasteiger partial charge in [0.1, 0.15) is 5.01 Å². The van der Waals surface area contributed by atoms with Crippen LogP contribution in [0, 0.1) is 5.92 Å². The fourth-order valence-corrected chi connectivity index (χ4v) is 3.29. The maximum absolute atomic E-state index is 11.9. The molecule has 0 aromatic carbocycles. The predicted octanol–water partition coefficient (Wildman–Crippen LogP) is 3.47. The first-order chi connectivity index (χ1) is 9.19. The van der Waals surface area contributed by atoms with Gasteiger partial charge in [0.05, 0.1) is 6.04 Å². The minimum Gasteiger partial charge on any atom is -0.335 e. The van der Waals surface area contributed by atoms with Gasteiger partial charge in [-0.15, -0.1) is 11.3 Å². The van der Waals surface area contributed by atoms with Crippen LogP contribution in [-0.4, -0.2) is 17.1 Å². The van der Waals surface area contributed by atoms with Crippen LogP contribution in [0.4, 0.5) is 4.79 Å². The molecule has 2 N–H and O–H groups in total.